The van der Waals surface area contributed by atoms with Crippen molar-refractivity contribution in [1.82, 2.24) is 10.2 Å². The standard InChI is InChI=1S/C17H26N2O/c1-17(2,3)14-9-7-13(8-10-14)12-19(4)16(20)15-6-5-11-18-15/h7-10,15,18H,5-6,11-12H2,1-4H3. The van der Waals surface area contributed by atoms with Crippen LogP contribution in [0.15, 0.2) is 24.3 Å². The van der Waals surface area contributed by atoms with Crippen molar-refractivity contribution in [2.45, 2.75) is 51.6 Å². The molecule has 1 aromatic carbocycles. The fraction of sp³-hybridized carbons (Fsp3) is 0.588. The van der Waals surface area contributed by atoms with Gasteiger partial charge >= 0.3 is 0 Å². The number of nitrogens with zero attached hydrogens (tertiary/aromatic N) is 1. The van der Waals surface area contributed by atoms with Crippen molar-refractivity contribution >= 4 is 5.91 Å². The third-order valence-corrected chi connectivity index (χ3v) is 3.97. The maximum absolute atomic E-state index is 12.2. The topological polar surface area (TPSA) is 32.3 Å². The number of likely N-dealkylation sites (N-methyl/N-ethyl adjacent to an activating group) is 1. The Bertz CT molecular complexity index is 453. The van der Waals surface area contributed by atoms with Crippen LogP contribution in [0.3, 0.4) is 0 Å². The van der Waals surface area contributed by atoms with Gasteiger partial charge in [0.1, 0.15) is 0 Å². The molecular weight excluding hydrogens is 248 g/mol. The molecule has 0 saturated carbocycles. The van der Waals surface area contributed by atoms with Gasteiger partial charge < -0.3 is 10.2 Å². The Labute approximate surface area is 122 Å². The summed E-state index contributed by atoms with van der Waals surface area (Å²) >= 11 is 0. The molecule has 1 aromatic rings. The van der Waals surface area contributed by atoms with Crippen LogP contribution in [-0.2, 0) is 16.8 Å². The smallest absolute Gasteiger partial charge is 0.239 e. The van der Waals surface area contributed by atoms with E-state index in [-0.39, 0.29) is 17.4 Å². The third-order valence-electron chi connectivity index (χ3n) is 3.97. The molecule has 1 saturated heterocycles. The zero-order valence-corrected chi connectivity index (χ0v) is 13.1. The molecule has 0 bridgehead atoms. The monoisotopic (exact) mass is 274 g/mol. The molecular formula is C17H26N2O. The van der Waals surface area contributed by atoms with Gasteiger partial charge in [0.15, 0.2) is 0 Å². The van der Waals surface area contributed by atoms with E-state index in [1.807, 2.05) is 11.9 Å². The molecule has 1 heterocycles. The van der Waals surface area contributed by atoms with Gasteiger partial charge in [-0.15, -0.1) is 0 Å². The van der Waals surface area contributed by atoms with E-state index in [9.17, 15) is 4.79 Å². The molecule has 0 spiro atoms. The Morgan fingerprint density at radius 3 is 2.45 bits per heavy atom. The minimum Gasteiger partial charge on any atom is -0.340 e. The highest BCUT2D eigenvalue weighted by molar-refractivity contribution is 5.81. The van der Waals surface area contributed by atoms with E-state index >= 15 is 0 Å². The number of amides is 1. The van der Waals surface area contributed by atoms with E-state index in [1.54, 1.807) is 0 Å². The molecule has 1 unspecified atom stereocenters. The summed E-state index contributed by atoms with van der Waals surface area (Å²) in [6.07, 6.45) is 2.07. The highest BCUT2D eigenvalue weighted by Crippen LogP contribution is 2.22. The minimum absolute atomic E-state index is 0.0221. The zero-order chi connectivity index (χ0) is 14.8. The van der Waals surface area contributed by atoms with Crippen LogP contribution >= 0.6 is 0 Å². The Hall–Kier alpha value is -1.35. The van der Waals surface area contributed by atoms with Gasteiger partial charge in [0.25, 0.3) is 0 Å². The van der Waals surface area contributed by atoms with Gasteiger partial charge in [-0.05, 0) is 35.9 Å². The van der Waals surface area contributed by atoms with Crippen LogP contribution in [0.2, 0.25) is 0 Å². The van der Waals surface area contributed by atoms with Gasteiger partial charge in [0.05, 0.1) is 6.04 Å². The Balaban J connectivity index is 1.97. The van der Waals surface area contributed by atoms with Gasteiger partial charge in [-0.1, -0.05) is 45.0 Å². The first-order valence-corrected chi connectivity index (χ1v) is 7.46. The van der Waals surface area contributed by atoms with Crippen LogP contribution in [0.25, 0.3) is 0 Å². The fourth-order valence-corrected chi connectivity index (χ4v) is 2.62. The van der Waals surface area contributed by atoms with Crippen LogP contribution in [0.4, 0.5) is 0 Å². The Morgan fingerprint density at radius 2 is 1.95 bits per heavy atom. The summed E-state index contributed by atoms with van der Waals surface area (Å²) in [6, 6.07) is 8.62. The van der Waals surface area contributed by atoms with Gasteiger partial charge in [-0.3, -0.25) is 4.79 Å². The van der Waals surface area contributed by atoms with Crippen LogP contribution in [0.1, 0.15) is 44.7 Å². The lowest BCUT2D eigenvalue weighted by molar-refractivity contribution is -0.132. The van der Waals surface area contributed by atoms with Crippen molar-refractivity contribution in [3.05, 3.63) is 35.4 Å². The number of benzene rings is 1. The molecule has 1 atom stereocenters. The van der Waals surface area contributed by atoms with Gasteiger partial charge in [0.2, 0.25) is 5.91 Å². The molecule has 1 amide bonds. The average Bonchev–Trinajstić information content (AvgIpc) is 2.91. The van der Waals surface area contributed by atoms with Crippen LogP contribution in [0, 0.1) is 0 Å². The summed E-state index contributed by atoms with van der Waals surface area (Å²) < 4.78 is 0. The highest BCUT2D eigenvalue weighted by Gasteiger charge is 2.24. The van der Waals surface area contributed by atoms with Gasteiger partial charge in [0, 0.05) is 13.6 Å². The second-order valence-electron chi connectivity index (χ2n) is 6.79. The molecule has 110 valence electrons. The SMILES string of the molecule is CN(Cc1ccc(C(C)(C)C)cc1)C(=O)C1CCCN1. The number of hydrogen-bond donors (Lipinski definition) is 1. The summed E-state index contributed by atoms with van der Waals surface area (Å²) in [5, 5.41) is 3.26. The molecule has 1 fully saturated rings. The van der Waals surface area contributed by atoms with Crippen molar-refractivity contribution in [3.8, 4) is 0 Å². The first-order valence-electron chi connectivity index (χ1n) is 7.46. The van der Waals surface area contributed by atoms with Crippen molar-refractivity contribution < 1.29 is 4.79 Å². The zero-order valence-electron chi connectivity index (χ0n) is 13.1. The van der Waals surface area contributed by atoms with Crippen LogP contribution < -0.4 is 5.32 Å². The maximum atomic E-state index is 12.2. The molecule has 3 heteroatoms. The van der Waals surface area contributed by atoms with Gasteiger partial charge in [-0.2, -0.15) is 0 Å². The lowest BCUT2D eigenvalue weighted by atomic mass is 9.87. The van der Waals surface area contributed by atoms with E-state index in [4.69, 9.17) is 0 Å². The summed E-state index contributed by atoms with van der Waals surface area (Å²) in [6.45, 7) is 8.28. The third kappa shape index (κ3) is 3.60. The number of rotatable bonds is 3. The second-order valence-corrected chi connectivity index (χ2v) is 6.79. The Kier molecular flexibility index (Phi) is 4.48. The van der Waals surface area contributed by atoms with E-state index in [1.165, 1.54) is 11.1 Å². The van der Waals surface area contributed by atoms with Crippen molar-refractivity contribution in [1.29, 1.82) is 0 Å². The Morgan fingerprint density at radius 1 is 1.30 bits per heavy atom. The predicted molar refractivity (Wildman–Crippen MR) is 82.6 cm³/mol. The van der Waals surface area contributed by atoms with Crippen LogP contribution in [0.5, 0.6) is 0 Å². The maximum Gasteiger partial charge on any atom is 0.239 e. The van der Waals surface area contributed by atoms with E-state index in [2.05, 4.69) is 50.4 Å². The van der Waals surface area contributed by atoms with Crippen molar-refractivity contribution in [3.63, 3.8) is 0 Å². The normalized spacial score (nSPS) is 19.1. The fourth-order valence-electron chi connectivity index (χ4n) is 2.62. The molecule has 3 nitrogen and oxygen atoms in total. The number of hydrogen-bond acceptors (Lipinski definition) is 2. The molecule has 0 aromatic heterocycles. The number of carbonyl (C=O) groups excluding carboxylic acids is 1. The van der Waals surface area contributed by atoms with Crippen molar-refractivity contribution in [2.24, 2.45) is 0 Å². The summed E-state index contributed by atoms with van der Waals surface area (Å²) in [5.41, 5.74) is 2.69. The lowest BCUT2D eigenvalue weighted by Gasteiger charge is -2.22. The number of carbonyl (C=O) groups is 1. The minimum atomic E-state index is 0.0221. The average molecular weight is 274 g/mol. The predicted octanol–water partition coefficient (Wildman–Crippen LogP) is 2.69. The van der Waals surface area contributed by atoms with Crippen molar-refractivity contribution in [2.75, 3.05) is 13.6 Å². The van der Waals surface area contributed by atoms with E-state index in [0.29, 0.717) is 6.54 Å². The molecule has 0 radical (unpaired) electrons. The lowest BCUT2D eigenvalue weighted by Crippen LogP contribution is -2.41. The quantitative estimate of drug-likeness (QED) is 0.919. The van der Waals surface area contributed by atoms with Gasteiger partial charge in [-0.25, -0.2) is 0 Å². The molecule has 2 rings (SSSR count). The van der Waals surface area contributed by atoms with Crippen LogP contribution in [-0.4, -0.2) is 30.4 Å². The summed E-state index contributed by atoms with van der Waals surface area (Å²) in [7, 11) is 1.89. The van der Waals surface area contributed by atoms with E-state index < -0.39 is 0 Å². The largest absolute Gasteiger partial charge is 0.340 e. The summed E-state index contributed by atoms with van der Waals surface area (Å²) in [4.78, 5) is 14.1. The van der Waals surface area contributed by atoms with E-state index in [0.717, 1.165) is 19.4 Å². The highest BCUT2D eigenvalue weighted by atomic mass is 16.2. The molecule has 0 aliphatic carbocycles. The summed E-state index contributed by atoms with van der Waals surface area (Å²) in [5.74, 6) is 0.211. The molecule has 1 N–H and O–H groups in total. The first-order chi connectivity index (χ1) is 9.38. The first kappa shape index (κ1) is 15.0. The second kappa shape index (κ2) is 5.96. The number of nitrogens with one attached hydrogen (secondary N) is 1. The molecule has 1 aliphatic heterocycles. The molecule has 1 aliphatic rings. The molecule has 20 heavy (non-hydrogen) atoms.